The molecule has 0 bridgehead atoms. The number of amides is 1. The number of para-hydroxylation sites is 1. The smallest absolute Gasteiger partial charge is 0.250 e. The summed E-state index contributed by atoms with van der Waals surface area (Å²) in [7, 11) is -1.33. The van der Waals surface area contributed by atoms with Crippen LogP contribution in [0.3, 0.4) is 0 Å². The molecule has 1 aromatic carbocycles. The predicted octanol–water partition coefficient (Wildman–Crippen LogP) is -0.151. The first kappa shape index (κ1) is 14.3. The summed E-state index contributed by atoms with van der Waals surface area (Å²) < 4.78 is 22.2. The van der Waals surface area contributed by atoms with E-state index in [-0.39, 0.29) is 17.0 Å². The molecule has 0 spiro atoms. The molecule has 100 valence electrons. The molecule has 6 nitrogen and oxygen atoms in total. The summed E-state index contributed by atoms with van der Waals surface area (Å²) in [6.07, 6.45) is 1.17. The zero-order valence-electron chi connectivity index (χ0n) is 10.4. The van der Waals surface area contributed by atoms with Gasteiger partial charge in [0.2, 0.25) is 0 Å². The molecule has 4 N–H and O–H groups in total. The molecule has 0 fully saturated rings. The number of carbonyl (C=O) groups is 1. The van der Waals surface area contributed by atoms with E-state index >= 15 is 0 Å². The van der Waals surface area contributed by atoms with E-state index in [1.165, 1.54) is 12.3 Å². The third kappa shape index (κ3) is 3.63. The Morgan fingerprint density at radius 3 is 2.50 bits per heavy atom. The van der Waals surface area contributed by atoms with Gasteiger partial charge in [0, 0.05) is 19.8 Å². The monoisotopic (exact) mass is 271 g/mol. The molecule has 0 saturated carbocycles. The van der Waals surface area contributed by atoms with Gasteiger partial charge in [-0.15, -0.1) is 0 Å². The van der Waals surface area contributed by atoms with Gasteiger partial charge >= 0.3 is 0 Å². The molecular weight excluding hydrogens is 254 g/mol. The normalized spacial score (nSPS) is 11.2. The first-order valence-corrected chi connectivity index (χ1v) is 7.35. The van der Waals surface area contributed by atoms with E-state index in [1.807, 2.05) is 0 Å². The summed E-state index contributed by atoms with van der Waals surface area (Å²) in [6, 6.07) is 4.90. The van der Waals surface area contributed by atoms with E-state index in [2.05, 4.69) is 0 Å². The molecule has 0 aromatic heterocycles. The Kier molecular flexibility index (Phi) is 4.18. The SMILES string of the molecule is CN(CCS(C)(=O)=O)c1cccc(C(N)=O)c1N. The van der Waals surface area contributed by atoms with Crippen molar-refractivity contribution >= 4 is 27.1 Å². The van der Waals surface area contributed by atoms with Crippen molar-refractivity contribution in [1.29, 1.82) is 0 Å². The van der Waals surface area contributed by atoms with Crippen molar-refractivity contribution < 1.29 is 13.2 Å². The Morgan fingerprint density at radius 2 is 2.00 bits per heavy atom. The fourth-order valence-electron chi connectivity index (χ4n) is 1.52. The molecule has 1 rings (SSSR count). The summed E-state index contributed by atoms with van der Waals surface area (Å²) in [5, 5.41) is 0. The van der Waals surface area contributed by atoms with Gasteiger partial charge in [-0.2, -0.15) is 0 Å². The Morgan fingerprint density at radius 1 is 1.39 bits per heavy atom. The number of nitrogens with two attached hydrogens (primary N) is 2. The standard InChI is InChI=1S/C11H17N3O3S/c1-14(6-7-18(2,16)17)9-5-3-4-8(10(9)12)11(13)15/h3-5H,6-7,12H2,1-2H3,(H2,13,15). The van der Waals surface area contributed by atoms with Crippen LogP contribution in [0, 0.1) is 0 Å². The molecule has 18 heavy (non-hydrogen) atoms. The van der Waals surface area contributed by atoms with E-state index in [9.17, 15) is 13.2 Å². The molecule has 0 saturated heterocycles. The van der Waals surface area contributed by atoms with Gasteiger partial charge in [-0.3, -0.25) is 4.79 Å². The van der Waals surface area contributed by atoms with Crippen molar-refractivity contribution in [3.63, 3.8) is 0 Å². The molecular formula is C11H17N3O3S. The maximum absolute atomic E-state index is 11.1. The van der Waals surface area contributed by atoms with E-state index in [0.29, 0.717) is 12.2 Å². The average molecular weight is 271 g/mol. The molecule has 1 aromatic rings. The minimum Gasteiger partial charge on any atom is -0.396 e. The Labute approximate surface area is 106 Å². The summed E-state index contributed by atoms with van der Waals surface area (Å²) in [4.78, 5) is 12.8. The number of hydrogen-bond acceptors (Lipinski definition) is 5. The van der Waals surface area contributed by atoms with Crippen LogP contribution in [0.25, 0.3) is 0 Å². The third-order valence-electron chi connectivity index (χ3n) is 2.56. The van der Waals surface area contributed by atoms with Gasteiger partial charge in [-0.1, -0.05) is 6.07 Å². The molecule has 1 amide bonds. The number of anilines is 2. The lowest BCUT2D eigenvalue weighted by Gasteiger charge is -2.21. The second-order valence-corrected chi connectivity index (χ2v) is 6.41. The van der Waals surface area contributed by atoms with Crippen LogP contribution in [0.4, 0.5) is 11.4 Å². The Balaban J connectivity index is 2.96. The predicted molar refractivity (Wildman–Crippen MR) is 72.4 cm³/mol. The van der Waals surface area contributed by atoms with Crippen molar-refractivity contribution in [2.45, 2.75) is 0 Å². The molecule has 0 aliphatic carbocycles. The maximum atomic E-state index is 11.1. The molecule has 0 unspecified atom stereocenters. The highest BCUT2D eigenvalue weighted by Gasteiger charge is 2.13. The van der Waals surface area contributed by atoms with Crippen LogP contribution in [0.5, 0.6) is 0 Å². The van der Waals surface area contributed by atoms with Gasteiger partial charge in [0.25, 0.3) is 5.91 Å². The quantitative estimate of drug-likeness (QED) is 0.724. The van der Waals surface area contributed by atoms with E-state index in [4.69, 9.17) is 11.5 Å². The number of nitrogen functional groups attached to an aromatic ring is 1. The lowest BCUT2D eigenvalue weighted by atomic mass is 10.1. The number of nitrogens with zero attached hydrogens (tertiary/aromatic N) is 1. The Bertz CT molecular complexity index is 555. The van der Waals surface area contributed by atoms with Crippen molar-refractivity contribution in [1.82, 2.24) is 0 Å². The summed E-state index contributed by atoms with van der Waals surface area (Å²) in [5.74, 6) is -0.588. The van der Waals surface area contributed by atoms with Crippen LogP contribution in [-0.2, 0) is 9.84 Å². The highest BCUT2D eigenvalue weighted by molar-refractivity contribution is 7.90. The minimum absolute atomic E-state index is 0.0176. The number of rotatable bonds is 5. The first-order chi connectivity index (χ1) is 8.22. The maximum Gasteiger partial charge on any atom is 0.250 e. The summed E-state index contributed by atoms with van der Waals surface area (Å²) in [6.45, 7) is 0.297. The van der Waals surface area contributed by atoms with E-state index in [1.54, 1.807) is 24.1 Å². The van der Waals surface area contributed by atoms with Crippen molar-refractivity contribution in [3.05, 3.63) is 23.8 Å². The van der Waals surface area contributed by atoms with Gasteiger partial charge in [0.1, 0.15) is 9.84 Å². The number of benzene rings is 1. The first-order valence-electron chi connectivity index (χ1n) is 5.29. The second kappa shape index (κ2) is 5.26. The van der Waals surface area contributed by atoms with Gasteiger partial charge in [0.05, 0.1) is 22.7 Å². The third-order valence-corrected chi connectivity index (χ3v) is 3.48. The molecule has 0 aliphatic rings. The number of primary amides is 1. The van der Waals surface area contributed by atoms with Gasteiger partial charge in [-0.05, 0) is 12.1 Å². The fraction of sp³-hybridized carbons (Fsp3) is 0.364. The largest absolute Gasteiger partial charge is 0.396 e. The van der Waals surface area contributed by atoms with Crippen LogP contribution in [-0.4, -0.2) is 39.9 Å². The lowest BCUT2D eigenvalue weighted by Crippen LogP contribution is -2.26. The van der Waals surface area contributed by atoms with Crippen LogP contribution < -0.4 is 16.4 Å². The minimum atomic E-state index is -3.04. The van der Waals surface area contributed by atoms with Crippen LogP contribution >= 0.6 is 0 Å². The molecule has 0 atom stereocenters. The second-order valence-electron chi connectivity index (χ2n) is 4.15. The van der Waals surface area contributed by atoms with Crippen molar-refractivity contribution in [2.24, 2.45) is 5.73 Å². The van der Waals surface area contributed by atoms with Gasteiger partial charge < -0.3 is 16.4 Å². The van der Waals surface area contributed by atoms with Gasteiger partial charge in [0.15, 0.2) is 0 Å². The van der Waals surface area contributed by atoms with Crippen molar-refractivity contribution in [3.8, 4) is 0 Å². The highest BCUT2D eigenvalue weighted by atomic mass is 32.2. The number of sulfone groups is 1. The van der Waals surface area contributed by atoms with E-state index in [0.717, 1.165) is 0 Å². The van der Waals surface area contributed by atoms with E-state index < -0.39 is 15.7 Å². The van der Waals surface area contributed by atoms with Crippen LogP contribution in [0.15, 0.2) is 18.2 Å². The molecule has 0 radical (unpaired) electrons. The Hall–Kier alpha value is -1.76. The zero-order valence-corrected chi connectivity index (χ0v) is 11.2. The average Bonchev–Trinajstić information content (AvgIpc) is 2.24. The van der Waals surface area contributed by atoms with Crippen molar-refractivity contribution in [2.75, 3.05) is 36.2 Å². The molecule has 7 heteroatoms. The van der Waals surface area contributed by atoms with Crippen LogP contribution in [0.1, 0.15) is 10.4 Å². The zero-order chi connectivity index (χ0) is 13.9. The molecule has 0 aliphatic heterocycles. The number of carbonyl (C=O) groups excluding carboxylic acids is 1. The van der Waals surface area contributed by atoms with Gasteiger partial charge in [-0.25, -0.2) is 8.42 Å². The molecule has 0 heterocycles. The topological polar surface area (TPSA) is 106 Å². The lowest BCUT2D eigenvalue weighted by molar-refractivity contribution is 0.100. The summed E-state index contributed by atoms with van der Waals surface area (Å²) in [5.41, 5.74) is 12.1. The number of hydrogen-bond donors (Lipinski definition) is 2. The fourth-order valence-corrected chi connectivity index (χ4v) is 2.13. The summed E-state index contributed by atoms with van der Waals surface area (Å²) >= 11 is 0. The van der Waals surface area contributed by atoms with Crippen LogP contribution in [0.2, 0.25) is 0 Å². The highest BCUT2D eigenvalue weighted by Crippen LogP contribution is 2.25.